The molecule has 0 unspecified atom stereocenters. The van der Waals surface area contributed by atoms with Crippen molar-refractivity contribution in [3.63, 3.8) is 0 Å². The summed E-state index contributed by atoms with van der Waals surface area (Å²) >= 11 is 0. The number of carbonyl (C=O) groups is 2. The van der Waals surface area contributed by atoms with Crippen LogP contribution in [0.25, 0.3) is 22.2 Å². The molecule has 0 fully saturated rings. The van der Waals surface area contributed by atoms with Crippen molar-refractivity contribution in [2.45, 2.75) is 0 Å². The number of hydrogen-bond acceptors (Lipinski definition) is 5. The number of nitrogens with one attached hydrogen (secondary N) is 1. The molecular formula is C24H23N5O3. The van der Waals surface area contributed by atoms with E-state index in [1.54, 1.807) is 31.8 Å². The third-order valence-corrected chi connectivity index (χ3v) is 5.16. The summed E-state index contributed by atoms with van der Waals surface area (Å²) in [6.45, 7) is 0. The molecule has 0 saturated heterocycles. The van der Waals surface area contributed by atoms with Crippen molar-refractivity contribution in [2.24, 2.45) is 7.05 Å². The lowest BCUT2D eigenvalue weighted by Gasteiger charge is -2.10. The third-order valence-electron chi connectivity index (χ3n) is 5.16. The zero-order valence-electron chi connectivity index (χ0n) is 18.3. The Kier molecular flexibility index (Phi) is 5.59. The van der Waals surface area contributed by atoms with Gasteiger partial charge in [-0.15, -0.1) is 0 Å². The molecule has 8 nitrogen and oxygen atoms in total. The molecule has 4 aromatic rings. The number of rotatable bonds is 5. The minimum Gasteiger partial charge on any atom is -0.494 e. The monoisotopic (exact) mass is 429 g/mol. The van der Waals surface area contributed by atoms with Gasteiger partial charge in [-0.2, -0.15) is 0 Å². The van der Waals surface area contributed by atoms with E-state index in [9.17, 15) is 9.59 Å². The summed E-state index contributed by atoms with van der Waals surface area (Å²) < 4.78 is 7.32. The molecule has 4 rings (SSSR count). The number of methoxy groups -OCH3 is 1. The van der Waals surface area contributed by atoms with Crippen molar-refractivity contribution >= 4 is 28.8 Å². The van der Waals surface area contributed by atoms with Crippen LogP contribution in [0, 0.1) is 0 Å². The molecule has 2 heterocycles. The van der Waals surface area contributed by atoms with Gasteiger partial charge in [-0.1, -0.05) is 30.3 Å². The summed E-state index contributed by atoms with van der Waals surface area (Å²) in [5.41, 5.74) is 4.02. The Labute approximate surface area is 185 Å². The van der Waals surface area contributed by atoms with Crippen LogP contribution in [-0.4, -0.2) is 52.5 Å². The van der Waals surface area contributed by atoms with Gasteiger partial charge in [0.15, 0.2) is 0 Å². The molecule has 0 aliphatic carbocycles. The van der Waals surface area contributed by atoms with Crippen LogP contribution < -0.4 is 10.1 Å². The van der Waals surface area contributed by atoms with E-state index >= 15 is 0 Å². The van der Waals surface area contributed by atoms with Crippen LogP contribution in [-0.2, 0) is 7.05 Å². The Balaban J connectivity index is 1.70. The van der Waals surface area contributed by atoms with Gasteiger partial charge >= 0.3 is 0 Å². The maximum Gasteiger partial charge on any atom is 0.276 e. The lowest BCUT2D eigenvalue weighted by molar-refractivity contribution is 0.0826. The highest BCUT2D eigenvalue weighted by Crippen LogP contribution is 2.35. The summed E-state index contributed by atoms with van der Waals surface area (Å²) in [7, 11) is 6.73. The molecule has 162 valence electrons. The van der Waals surface area contributed by atoms with Crippen molar-refractivity contribution < 1.29 is 14.3 Å². The molecule has 2 aromatic carbocycles. The number of aryl methyl sites for hydroxylation is 1. The van der Waals surface area contributed by atoms with Crippen LogP contribution in [0.1, 0.15) is 20.8 Å². The maximum atomic E-state index is 12.8. The normalized spacial score (nSPS) is 10.8. The van der Waals surface area contributed by atoms with Crippen molar-refractivity contribution in [3.8, 4) is 16.9 Å². The van der Waals surface area contributed by atoms with E-state index in [1.165, 1.54) is 17.2 Å². The zero-order chi connectivity index (χ0) is 22.8. The number of anilines is 1. The highest BCUT2D eigenvalue weighted by atomic mass is 16.5. The lowest BCUT2D eigenvalue weighted by Crippen LogP contribution is -2.22. The van der Waals surface area contributed by atoms with Crippen molar-refractivity contribution in [3.05, 3.63) is 72.1 Å². The zero-order valence-corrected chi connectivity index (χ0v) is 18.3. The number of carbonyl (C=O) groups excluding carboxylic acids is 2. The van der Waals surface area contributed by atoms with E-state index in [4.69, 9.17) is 9.72 Å². The topological polar surface area (TPSA) is 89.3 Å². The molecule has 0 spiro atoms. The SMILES string of the molecule is COc1ccc(-c2ccccc2)c2nc(NC(=O)c3ccc(C(=O)N(C)C)cn3)n(C)c12. The van der Waals surface area contributed by atoms with Gasteiger partial charge in [-0.25, -0.2) is 4.98 Å². The summed E-state index contributed by atoms with van der Waals surface area (Å²) in [5, 5.41) is 2.82. The number of imidazole rings is 1. The fraction of sp³-hybridized carbons (Fsp3) is 0.167. The van der Waals surface area contributed by atoms with Crippen molar-refractivity contribution in [1.29, 1.82) is 0 Å². The van der Waals surface area contributed by atoms with E-state index in [1.807, 2.05) is 49.5 Å². The van der Waals surface area contributed by atoms with Crippen molar-refractivity contribution in [1.82, 2.24) is 19.4 Å². The van der Waals surface area contributed by atoms with Gasteiger partial charge in [0.05, 0.1) is 12.7 Å². The van der Waals surface area contributed by atoms with Crippen LogP contribution >= 0.6 is 0 Å². The number of hydrogen-bond donors (Lipinski definition) is 1. The number of amides is 2. The number of ether oxygens (including phenoxy) is 1. The molecule has 0 atom stereocenters. The molecule has 0 saturated carbocycles. The number of aromatic nitrogens is 3. The summed E-state index contributed by atoms with van der Waals surface area (Å²) in [4.78, 5) is 35.1. The quantitative estimate of drug-likeness (QED) is 0.524. The largest absolute Gasteiger partial charge is 0.494 e. The minimum absolute atomic E-state index is 0.180. The molecule has 2 amide bonds. The van der Waals surface area contributed by atoms with Crippen LogP contribution in [0.5, 0.6) is 5.75 Å². The predicted octanol–water partition coefficient (Wildman–Crippen LogP) is 3.60. The van der Waals surface area contributed by atoms with Gasteiger partial charge in [-0.3, -0.25) is 19.9 Å². The Morgan fingerprint density at radius 2 is 1.78 bits per heavy atom. The number of nitrogens with zero attached hydrogens (tertiary/aromatic N) is 4. The van der Waals surface area contributed by atoms with Crippen LogP contribution in [0.4, 0.5) is 5.95 Å². The second-order valence-corrected chi connectivity index (χ2v) is 7.46. The molecular weight excluding hydrogens is 406 g/mol. The van der Waals surface area contributed by atoms with E-state index < -0.39 is 5.91 Å². The lowest BCUT2D eigenvalue weighted by atomic mass is 10.0. The summed E-state index contributed by atoms with van der Waals surface area (Å²) in [5.74, 6) is 0.412. The highest BCUT2D eigenvalue weighted by molar-refractivity contribution is 6.05. The van der Waals surface area contributed by atoms with Crippen LogP contribution in [0.2, 0.25) is 0 Å². The number of pyridine rings is 1. The smallest absolute Gasteiger partial charge is 0.276 e. The molecule has 32 heavy (non-hydrogen) atoms. The van der Waals surface area contributed by atoms with Gasteiger partial charge in [-0.05, 0) is 29.8 Å². The van der Waals surface area contributed by atoms with Crippen LogP contribution in [0.3, 0.4) is 0 Å². The van der Waals surface area contributed by atoms with Gasteiger partial charge in [0.1, 0.15) is 22.5 Å². The Morgan fingerprint density at radius 1 is 1.03 bits per heavy atom. The first-order valence-electron chi connectivity index (χ1n) is 9.98. The number of benzene rings is 2. The molecule has 0 aliphatic heterocycles. The van der Waals surface area contributed by atoms with Gasteiger partial charge < -0.3 is 14.2 Å². The fourth-order valence-electron chi connectivity index (χ4n) is 3.49. The average molecular weight is 429 g/mol. The molecule has 2 aromatic heterocycles. The van der Waals surface area contributed by atoms with Gasteiger partial charge in [0.2, 0.25) is 5.95 Å². The second-order valence-electron chi connectivity index (χ2n) is 7.46. The Bertz CT molecular complexity index is 1290. The van der Waals surface area contributed by atoms with E-state index in [0.29, 0.717) is 22.8 Å². The van der Waals surface area contributed by atoms with Crippen molar-refractivity contribution in [2.75, 3.05) is 26.5 Å². The second kappa shape index (κ2) is 8.50. The number of fused-ring (bicyclic) bond motifs is 1. The predicted molar refractivity (Wildman–Crippen MR) is 123 cm³/mol. The third kappa shape index (κ3) is 3.78. The van der Waals surface area contributed by atoms with Gasteiger partial charge in [0.25, 0.3) is 11.8 Å². The fourth-order valence-corrected chi connectivity index (χ4v) is 3.49. The molecule has 8 heteroatoms. The molecule has 0 bridgehead atoms. The summed E-state index contributed by atoms with van der Waals surface area (Å²) in [6, 6.07) is 16.8. The first-order chi connectivity index (χ1) is 15.4. The van der Waals surface area contributed by atoms with E-state index in [-0.39, 0.29) is 11.6 Å². The average Bonchev–Trinajstić information content (AvgIpc) is 3.14. The molecule has 0 radical (unpaired) electrons. The Morgan fingerprint density at radius 3 is 2.41 bits per heavy atom. The molecule has 0 aliphatic rings. The molecule has 1 N–H and O–H groups in total. The minimum atomic E-state index is -0.424. The first-order valence-corrected chi connectivity index (χ1v) is 9.98. The summed E-state index contributed by atoms with van der Waals surface area (Å²) in [6.07, 6.45) is 1.39. The van der Waals surface area contributed by atoms with Crippen LogP contribution in [0.15, 0.2) is 60.8 Å². The van der Waals surface area contributed by atoms with Gasteiger partial charge in [0, 0.05) is 32.9 Å². The van der Waals surface area contributed by atoms with E-state index in [0.717, 1.165) is 16.6 Å². The van der Waals surface area contributed by atoms with E-state index in [2.05, 4.69) is 10.3 Å². The first kappa shape index (κ1) is 21.0. The Hall–Kier alpha value is -4.20. The maximum absolute atomic E-state index is 12.8. The highest BCUT2D eigenvalue weighted by Gasteiger charge is 2.19. The standard InChI is InChI=1S/C24H23N5O3/c1-28(2)23(31)16-10-12-18(25-14-16)22(30)27-24-26-20-17(15-8-6-5-7-9-15)11-13-19(32-4)21(20)29(24)3/h5-14H,1-4H3,(H,26,27,30).